The van der Waals surface area contributed by atoms with E-state index in [0.29, 0.717) is 6.42 Å². The molecule has 0 aromatic heterocycles. The number of allylic oxidation sites excluding steroid dienone is 1. The molecule has 1 heterocycles. The first-order chi connectivity index (χ1) is 8.84. The van der Waals surface area contributed by atoms with Gasteiger partial charge in [0.2, 0.25) is 0 Å². The minimum atomic E-state index is 0.172. The molecule has 1 aliphatic heterocycles. The molecule has 86 valence electrons. The van der Waals surface area contributed by atoms with Crippen LogP contribution >= 0.6 is 0 Å². The molecule has 2 heteroatoms. The van der Waals surface area contributed by atoms with Crippen LogP contribution in [0.2, 0.25) is 0 Å². The number of Topliss-reactive ketones (excluding diaryl/α,β-unsaturated/α-hetero) is 1. The average molecular weight is 234 g/mol. The summed E-state index contributed by atoms with van der Waals surface area (Å²) in [5, 5.41) is 4.18. The van der Waals surface area contributed by atoms with E-state index in [1.165, 1.54) is 0 Å². The van der Waals surface area contributed by atoms with E-state index in [1.807, 2.05) is 36.4 Å². The standard InChI is InChI=1S/C16H10O2/c17-13-7-6-10-3-1-4-11-9-14-12(5-2-8-18-14)16(13)15(10)11/h1-6,8-9H,7H2. The summed E-state index contributed by atoms with van der Waals surface area (Å²) in [4.78, 5) is 12.2. The molecule has 2 aromatic carbocycles. The molecule has 0 radical (unpaired) electrons. The Hall–Kier alpha value is -2.35. The third-order valence-electron chi connectivity index (χ3n) is 3.52. The van der Waals surface area contributed by atoms with Crippen LogP contribution in [0.15, 0.2) is 36.6 Å². The largest absolute Gasteiger partial charge is 0.464 e. The molecule has 18 heavy (non-hydrogen) atoms. The first-order valence-corrected chi connectivity index (χ1v) is 5.97. The Morgan fingerprint density at radius 1 is 1.22 bits per heavy atom. The fourth-order valence-electron chi connectivity index (χ4n) is 2.75. The number of ether oxygens (including phenoxy) is 1. The van der Waals surface area contributed by atoms with Crippen LogP contribution < -0.4 is 15.2 Å². The molecule has 1 aliphatic carbocycles. The maximum absolute atomic E-state index is 12.2. The first-order valence-electron chi connectivity index (χ1n) is 5.97. The van der Waals surface area contributed by atoms with Crippen LogP contribution in [0.4, 0.5) is 0 Å². The number of carbonyl (C=O) groups is 1. The number of carbonyl (C=O) groups excluding carboxylic acids is 1. The van der Waals surface area contributed by atoms with Gasteiger partial charge >= 0.3 is 0 Å². The number of hydrogen-bond acceptors (Lipinski definition) is 2. The average Bonchev–Trinajstić information content (AvgIpc) is 2.41. The molecule has 0 unspecified atom stereocenters. The molecule has 2 aliphatic rings. The fraction of sp³-hybridized carbons (Fsp3) is 0.0625. The van der Waals surface area contributed by atoms with Crippen LogP contribution in [0.25, 0.3) is 22.9 Å². The molecular formula is C16H10O2. The Bertz CT molecular complexity index is 842. The van der Waals surface area contributed by atoms with Gasteiger partial charge in [0.1, 0.15) is 5.75 Å². The molecule has 2 aromatic rings. The predicted octanol–water partition coefficient (Wildman–Crippen LogP) is 1.89. The summed E-state index contributed by atoms with van der Waals surface area (Å²) < 4.78 is 5.51. The van der Waals surface area contributed by atoms with E-state index in [1.54, 1.807) is 6.26 Å². The molecule has 0 fully saturated rings. The van der Waals surface area contributed by atoms with E-state index >= 15 is 0 Å². The summed E-state index contributed by atoms with van der Waals surface area (Å²) in [7, 11) is 0. The van der Waals surface area contributed by atoms with Gasteiger partial charge in [0.25, 0.3) is 0 Å². The maximum Gasteiger partial charge on any atom is 0.168 e. The van der Waals surface area contributed by atoms with Crippen LogP contribution in [0.3, 0.4) is 0 Å². The second-order valence-corrected chi connectivity index (χ2v) is 4.55. The van der Waals surface area contributed by atoms with E-state index in [-0.39, 0.29) is 5.78 Å². The van der Waals surface area contributed by atoms with Gasteiger partial charge in [0, 0.05) is 22.6 Å². The molecule has 0 N–H and O–H groups in total. The molecule has 0 atom stereocenters. The van der Waals surface area contributed by atoms with Gasteiger partial charge in [-0.05, 0) is 28.8 Å². The number of rotatable bonds is 0. The van der Waals surface area contributed by atoms with E-state index in [2.05, 4.69) is 6.07 Å². The molecule has 2 nitrogen and oxygen atoms in total. The molecular weight excluding hydrogens is 224 g/mol. The predicted molar refractivity (Wildman–Crippen MR) is 70.8 cm³/mol. The van der Waals surface area contributed by atoms with Gasteiger partial charge in [0.05, 0.1) is 6.26 Å². The van der Waals surface area contributed by atoms with Crippen molar-refractivity contribution in [2.24, 2.45) is 0 Å². The van der Waals surface area contributed by atoms with Gasteiger partial charge in [-0.3, -0.25) is 4.79 Å². The Kier molecular flexibility index (Phi) is 1.78. The highest BCUT2D eigenvalue weighted by Crippen LogP contribution is 2.23. The SMILES string of the molecule is O=C1CC=c2cccc3cc4c(c1c23)=CC=CO4. The van der Waals surface area contributed by atoms with E-state index in [0.717, 1.165) is 32.5 Å². The summed E-state index contributed by atoms with van der Waals surface area (Å²) in [5.41, 5.74) is 0.810. The zero-order valence-electron chi connectivity index (χ0n) is 9.64. The lowest BCUT2D eigenvalue weighted by Gasteiger charge is -2.15. The molecule has 0 spiro atoms. The summed E-state index contributed by atoms with van der Waals surface area (Å²) in [6.45, 7) is 0. The van der Waals surface area contributed by atoms with Crippen LogP contribution in [0, 0.1) is 0 Å². The number of ketones is 1. The van der Waals surface area contributed by atoms with Crippen LogP contribution in [-0.2, 0) is 0 Å². The normalized spacial score (nSPS) is 15.7. The highest BCUT2D eigenvalue weighted by atomic mass is 16.5. The molecule has 0 amide bonds. The van der Waals surface area contributed by atoms with Crippen molar-refractivity contribution in [2.75, 3.05) is 0 Å². The Morgan fingerprint density at radius 3 is 3.11 bits per heavy atom. The fourth-order valence-corrected chi connectivity index (χ4v) is 2.75. The van der Waals surface area contributed by atoms with E-state index < -0.39 is 0 Å². The molecule has 0 saturated heterocycles. The van der Waals surface area contributed by atoms with Gasteiger partial charge in [0.15, 0.2) is 5.78 Å². The highest BCUT2D eigenvalue weighted by Gasteiger charge is 2.19. The zero-order chi connectivity index (χ0) is 12.1. The van der Waals surface area contributed by atoms with Crippen LogP contribution in [0.1, 0.15) is 16.8 Å². The van der Waals surface area contributed by atoms with Gasteiger partial charge in [-0.15, -0.1) is 0 Å². The van der Waals surface area contributed by atoms with Crippen molar-refractivity contribution in [1.29, 1.82) is 0 Å². The number of benzene rings is 2. The van der Waals surface area contributed by atoms with Crippen molar-refractivity contribution in [3.05, 3.63) is 52.6 Å². The van der Waals surface area contributed by atoms with Gasteiger partial charge in [-0.25, -0.2) is 0 Å². The lowest BCUT2D eigenvalue weighted by atomic mass is 9.91. The summed E-state index contributed by atoms with van der Waals surface area (Å²) >= 11 is 0. The minimum absolute atomic E-state index is 0.172. The Labute approximate surface area is 103 Å². The smallest absolute Gasteiger partial charge is 0.168 e. The monoisotopic (exact) mass is 234 g/mol. The second kappa shape index (κ2) is 3.33. The summed E-state index contributed by atoms with van der Waals surface area (Å²) in [6, 6.07) is 8.10. The zero-order valence-corrected chi connectivity index (χ0v) is 9.64. The third-order valence-corrected chi connectivity index (χ3v) is 3.52. The topological polar surface area (TPSA) is 26.3 Å². The van der Waals surface area contributed by atoms with E-state index in [9.17, 15) is 4.79 Å². The molecule has 4 rings (SSSR count). The van der Waals surface area contributed by atoms with Crippen molar-refractivity contribution in [3.8, 4) is 5.75 Å². The minimum Gasteiger partial charge on any atom is -0.464 e. The highest BCUT2D eigenvalue weighted by molar-refractivity contribution is 6.13. The lowest BCUT2D eigenvalue weighted by molar-refractivity contribution is 0.0999. The van der Waals surface area contributed by atoms with Crippen molar-refractivity contribution >= 4 is 28.7 Å². The van der Waals surface area contributed by atoms with Crippen molar-refractivity contribution in [3.63, 3.8) is 0 Å². The molecule has 0 bridgehead atoms. The van der Waals surface area contributed by atoms with Crippen molar-refractivity contribution in [1.82, 2.24) is 0 Å². The first kappa shape index (κ1) is 9.66. The van der Waals surface area contributed by atoms with Crippen molar-refractivity contribution in [2.45, 2.75) is 6.42 Å². The van der Waals surface area contributed by atoms with Gasteiger partial charge in [-0.2, -0.15) is 0 Å². The number of hydrogen-bond donors (Lipinski definition) is 0. The quantitative estimate of drug-likeness (QED) is 0.696. The lowest BCUT2D eigenvalue weighted by Crippen LogP contribution is -2.25. The Morgan fingerprint density at radius 2 is 2.17 bits per heavy atom. The number of fused-ring (bicyclic) bond motifs is 2. The van der Waals surface area contributed by atoms with Crippen LogP contribution in [-0.4, -0.2) is 5.78 Å². The summed E-state index contributed by atoms with van der Waals surface area (Å²) in [6.07, 6.45) is 7.90. The molecule has 0 saturated carbocycles. The van der Waals surface area contributed by atoms with Gasteiger partial charge in [-0.1, -0.05) is 24.3 Å². The second-order valence-electron chi connectivity index (χ2n) is 4.55. The van der Waals surface area contributed by atoms with Crippen LogP contribution in [0.5, 0.6) is 5.75 Å². The Balaban J connectivity index is 2.35. The third kappa shape index (κ3) is 1.15. The van der Waals surface area contributed by atoms with Crippen molar-refractivity contribution < 1.29 is 9.53 Å². The maximum atomic E-state index is 12.2. The van der Waals surface area contributed by atoms with Gasteiger partial charge < -0.3 is 4.74 Å². The van der Waals surface area contributed by atoms with E-state index in [4.69, 9.17) is 4.74 Å². The summed E-state index contributed by atoms with van der Waals surface area (Å²) in [5.74, 6) is 0.943.